The molecule has 30 nitrogen and oxygen atoms in total. The van der Waals surface area contributed by atoms with Gasteiger partial charge in [-0.05, 0) is 88.7 Å². The number of amides is 10. The van der Waals surface area contributed by atoms with Crippen LogP contribution in [0.1, 0.15) is 139 Å². The zero-order valence-corrected chi connectivity index (χ0v) is 57.3. The van der Waals surface area contributed by atoms with Gasteiger partial charge in [0, 0.05) is 53.3 Å². The third-order valence-corrected chi connectivity index (χ3v) is 18.5. The van der Waals surface area contributed by atoms with Crippen molar-refractivity contribution in [1.82, 2.24) is 55.7 Å². The number of ether oxygens (including phenoxy) is 3. The highest BCUT2D eigenvalue weighted by molar-refractivity contribution is 6.15. The number of carboxylic acids is 1. The number of cyclic esters (lactones) is 2. The molecule has 6 heterocycles. The van der Waals surface area contributed by atoms with Crippen LogP contribution in [0.25, 0.3) is 11.1 Å². The summed E-state index contributed by atoms with van der Waals surface area (Å²) in [7, 11) is 5.60. The second kappa shape index (κ2) is 29.3. The molecule has 4 fully saturated rings. The molecule has 0 aliphatic carbocycles. The van der Waals surface area contributed by atoms with Gasteiger partial charge in [-0.2, -0.15) is 0 Å². The van der Waals surface area contributed by atoms with Crippen LogP contribution in [0.4, 0.5) is 11.4 Å². The molecule has 4 saturated heterocycles. The molecular weight excluding hydrogens is 1250 g/mol. The number of carbonyl (C=O) groups is 13. The number of aromatic nitrogens is 1. The van der Waals surface area contributed by atoms with Crippen LogP contribution in [-0.2, 0) is 68.6 Å². The van der Waals surface area contributed by atoms with Gasteiger partial charge in [0.05, 0.1) is 42.0 Å². The topological polar surface area (TPSA) is 375 Å². The molecule has 30 heteroatoms. The molecule has 5 aliphatic rings. The highest BCUT2D eigenvalue weighted by Crippen LogP contribution is 2.51. The Morgan fingerprint density at radius 2 is 1.08 bits per heavy atom. The van der Waals surface area contributed by atoms with Gasteiger partial charge < -0.3 is 79.7 Å². The molecule has 5 aliphatic heterocycles. The molecule has 10 atom stereocenters. The fourth-order valence-electron chi connectivity index (χ4n) is 13.1. The molecule has 10 amide bonds. The molecule has 522 valence electrons. The van der Waals surface area contributed by atoms with E-state index in [4.69, 9.17) is 18.6 Å². The zero-order valence-electron chi connectivity index (χ0n) is 57.3. The number of nitrogens with zero attached hydrogens (tertiary/aromatic N) is 7. The molecule has 0 unspecified atom stereocenters. The second-order valence-electron chi connectivity index (χ2n) is 27.0. The van der Waals surface area contributed by atoms with E-state index in [1.807, 2.05) is 0 Å². The Morgan fingerprint density at radius 1 is 0.625 bits per heavy atom. The van der Waals surface area contributed by atoms with E-state index in [1.54, 1.807) is 69.2 Å². The van der Waals surface area contributed by atoms with Crippen LogP contribution in [0.2, 0.25) is 0 Å². The predicted molar refractivity (Wildman–Crippen MR) is 344 cm³/mol. The van der Waals surface area contributed by atoms with Crippen molar-refractivity contribution in [2.45, 2.75) is 182 Å². The number of hydrogen-bond donors (Lipinski definition) is 6. The molecule has 3 aromatic rings. The first kappa shape index (κ1) is 72.4. The van der Waals surface area contributed by atoms with Crippen molar-refractivity contribution < 1.29 is 86.1 Å². The first-order chi connectivity index (χ1) is 45.1. The maximum Gasteiger partial charge on any atom is 0.329 e. The Hall–Kier alpha value is -9.38. The van der Waals surface area contributed by atoms with Gasteiger partial charge in [-0.1, -0.05) is 61.5 Å². The Balaban J connectivity index is 1.22. The van der Waals surface area contributed by atoms with Crippen molar-refractivity contribution in [2.24, 2.45) is 23.7 Å². The van der Waals surface area contributed by atoms with Crippen molar-refractivity contribution in [3.63, 3.8) is 0 Å². The fourth-order valence-corrected chi connectivity index (χ4v) is 13.1. The average Bonchev–Trinajstić information content (AvgIpc) is 1.25. The maximum absolute atomic E-state index is 15.8. The first-order valence-corrected chi connectivity index (χ1v) is 32.6. The van der Waals surface area contributed by atoms with Gasteiger partial charge in [-0.15, -0.1) is 0 Å². The summed E-state index contributed by atoms with van der Waals surface area (Å²) in [5, 5.41) is 23.9. The van der Waals surface area contributed by atoms with Crippen molar-refractivity contribution in [2.75, 3.05) is 59.7 Å². The van der Waals surface area contributed by atoms with E-state index in [-0.39, 0.29) is 83.3 Å². The van der Waals surface area contributed by atoms with Crippen LogP contribution in [0.3, 0.4) is 0 Å². The van der Waals surface area contributed by atoms with Crippen molar-refractivity contribution in [3.05, 3.63) is 40.3 Å². The zero-order chi connectivity index (χ0) is 71.0. The fraction of sp³-hybridized carbons (Fsp3) is 0.606. The normalized spacial score (nSPS) is 25.5. The van der Waals surface area contributed by atoms with E-state index in [9.17, 15) is 53.1 Å². The lowest BCUT2D eigenvalue weighted by Gasteiger charge is -2.36. The predicted octanol–water partition coefficient (Wildman–Crippen LogP) is 2.54. The molecule has 6 N–H and O–H groups in total. The standard InChI is InChI=1S/C66H90N12O18/c1-29(2)45-63(89)77-25-17-19-38(77)61(87)73(13)27-41(79)75(15)52(31(5)6)65(91)93-35(11)47(59(85)69-45)71-57(83)37-22-21-33(9)54-49(37)68-51-44(50-55(34(10)56(51)96-54)95-40(67-50)23-24-43(81)82)58(84)72-48-36(12)94-66(92)53(32(7)8)76(16)42(80)28-74(14)62(88)39-20-18-26-78(39)64(90)46(30(3)4)70-60(48)86/h21-22,29-32,35-36,38-39,45-48,52-53,68H,17-20,23-28H2,1-16H3,(H,69,85)(H,70,86)(H,71,83)(H,72,84)(H,81,82)/t35-,36-,38+,39+,45-,46-,47+,48+,52+,53+/m1/s1. The van der Waals surface area contributed by atoms with Gasteiger partial charge in [-0.3, -0.25) is 52.7 Å². The molecule has 0 bridgehead atoms. The molecular formula is C66H90N12O18. The number of carbonyl (C=O) groups excluding carboxylic acids is 12. The average molecular weight is 1340 g/mol. The number of aliphatic carboxylic acids is 1. The smallest absolute Gasteiger partial charge is 0.329 e. The largest absolute Gasteiger partial charge is 0.481 e. The number of anilines is 2. The number of benzene rings is 2. The van der Waals surface area contributed by atoms with Gasteiger partial charge in [-0.25, -0.2) is 14.6 Å². The molecule has 96 heavy (non-hydrogen) atoms. The summed E-state index contributed by atoms with van der Waals surface area (Å²) >= 11 is 0. The summed E-state index contributed by atoms with van der Waals surface area (Å²) < 4.78 is 24.9. The summed E-state index contributed by atoms with van der Waals surface area (Å²) in [5.74, 6) is -13.3. The van der Waals surface area contributed by atoms with E-state index in [0.29, 0.717) is 18.4 Å². The lowest BCUT2D eigenvalue weighted by molar-refractivity contribution is -0.163. The van der Waals surface area contributed by atoms with Crippen molar-refractivity contribution in [1.29, 1.82) is 0 Å². The lowest BCUT2D eigenvalue weighted by Crippen LogP contribution is -2.61. The minimum absolute atomic E-state index is 0.0217. The van der Waals surface area contributed by atoms with E-state index >= 15 is 14.4 Å². The minimum Gasteiger partial charge on any atom is -0.481 e. The number of oxazole rings is 1. The van der Waals surface area contributed by atoms with Crippen LogP contribution in [0, 0.1) is 37.5 Å². The molecule has 8 rings (SSSR count). The summed E-state index contributed by atoms with van der Waals surface area (Å²) in [6.45, 7) is 18.7. The number of likely N-dealkylation sites (N-methyl/N-ethyl adjacent to an activating group) is 4. The molecule has 0 radical (unpaired) electrons. The molecule has 0 spiro atoms. The Bertz CT molecular complexity index is 3640. The Labute approximate surface area is 556 Å². The van der Waals surface area contributed by atoms with E-state index in [1.165, 1.54) is 73.8 Å². The number of nitrogens with one attached hydrogen (secondary N) is 5. The number of fused-ring (bicyclic) bond motifs is 5. The number of hydrogen-bond acceptors (Lipinski definition) is 19. The summed E-state index contributed by atoms with van der Waals surface area (Å²) in [6, 6.07) is -7.83. The van der Waals surface area contributed by atoms with Crippen LogP contribution < -0.4 is 31.3 Å². The van der Waals surface area contributed by atoms with Gasteiger partial charge in [0.1, 0.15) is 66.1 Å². The third kappa shape index (κ3) is 14.7. The highest BCUT2D eigenvalue weighted by Gasteiger charge is 2.47. The van der Waals surface area contributed by atoms with Gasteiger partial charge in [0.25, 0.3) is 11.8 Å². The Kier molecular flexibility index (Phi) is 22.1. The number of aryl methyl sites for hydroxylation is 3. The summed E-state index contributed by atoms with van der Waals surface area (Å²) in [5.41, 5.74) is -0.521. The van der Waals surface area contributed by atoms with Gasteiger partial charge >= 0.3 is 17.9 Å². The van der Waals surface area contributed by atoms with Crippen LogP contribution >= 0.6 is 0 Å². The van der Waals surface area contributed by atoms with Crippen molar-refractivity contribution in [3.8, 4) is 11.5 Å². The SMILES string of the molecule is Cc1ccc(C(=O)N[C@@H]2C(=O)N[C@H](C(C)C)C(=O)N3CCC[C@H]3C(=O)N(C)CC(=O)N(C)[C@@H](C(C)C)C(=O)O[C@@H]2C)c2c1Oc1c(c(C(=O)N[C@@H]3C(=O)N[C@H](C(C)C)C(=O)N4CCC[C@H]4C(=O)N(C)CC(=O)N(C)[C@@H](C(C)C)C(=O)O[C@@H]3C)c3nc(CCC(=O)O)oc3c1C)N2. The van der Waals surface area contributed by atoms with E-state index < -0.39 is 186 Å². The maximum atomic E-state index is 15.8. The number of rotatable bonds is 11. The van der Waals surface area contributed by atoms with E-state index in [2.05, 4.69) is 31.6 Å². The van der Waals surface area contributed by atoms with Crippen LogP contribution in [0.5, 0.6) is 11.5 Å². The van der Waals surface area contributed by atoms with Gasteiger partial charge in [0.15, 0.2) is 23.0 Å². The quantitative estimate of drug-likeness (QED) is 0.118. The first-order valence-electron chi connectivity index (χ1n) is 32.6. The molecule has 1 aromatic heterocycles. The van der Waals surface area contributed by atoms with Crippen molar-refractivity contribution >= 4 is 99.5 Å². The highest BCUT2D eigenvalue weighted by atomic mass is 16.6. The number of carboxylic acid groups (broad SMARTS) is 1. The van der Waals surface area contributed by atoms with E-state index in [0.717, 1.165) is 9.80 Å². The number of esters is 2. The van der Waals surface area contributed by atoms with Gasteiger partial charge in [0.2, 0.25) is 47.3 Å². The Morgan fingerprint density at radius 3 is 1.52 bits per heavy atom. The summed E-state index contributed by atoms with van der Waals surface area (Å²) in [4.78, 5) is 199. The summed E-state index contributed by atoms with van der Waals surface area (Å²) in [6.07, 6.45) is -2.39. The molecule has 2 aromatic carbocycles. The van der Waals surface area contributed by atoms with Crippen LogP contribution in [-0.4, -0.2) is 231 Å². The van der Waals surface area contributed by atoms with Crippen LogP contribution in [0.15, 0.2) is 16.5 Å². The second-order valence-corrected chi connectivity index (χ2v) is 27.0. The molecule has 0 saturated carbocycles. The lowest BCUT2D eigenvalue weighted by atomic mass is 9.98. The third-order valence-electron chi connectivity index (χ3n) is 18.5. The monoisotopic (exact) mass is 1340 g/mol. The minimum atomic E-state index is -1.87.